The van der Waals surface area contributed by atoms with Crippen LogP contribution in [0.4, 0.5) is 23.1 Å². The van der Waals surface area contributed by atoms with Gasteiger partial charge in [0.15, 0.2) is 11.7 Å². The van der Waals surface area contributed by atoms with Crippen LogP contribution in [-0.4, -0.2) is 28.8 Å². The molecule has 0 saturated heterocycles. The Kier molecular flexibility index (Phi) is 4.18. The van der Waals surface area contributed by atoms with Gasteiger partial charge in [-0.05, 0) is 12.1 Å². The number of amides is 1. The summed E-state index contributed by atoms with van der Waals surface area (Å²) in [5, 5.41) is 3.89. The summed E-state index contributed by atoms with van der Waals surface area (Å²) in [5.74, 6) is 0. The molecule has 2 aromatic rings. The van der Waals surface area contributed by atoms with Crippen LogP contribution >= 0.6 is 11.3 Å². The number of anilines is 1. The largest absolute Gasteiger partial charge is 0.440 e. The zero-order valence-electron chi connectivity index (χ0n) is 9.85. The smallest absolute Gasteiger partial charge is 0.422 e. The number of hydrogen-bond acceptors (Lipinski definition) is 5. The van der Waals surface area contributed by atoms with Crippen molar-refractivity contribution in [3.63, 3.8) is 0 Å². The van der Waals surface area contributed by atoms with Gasteiger partial charge in [0.2, 0.25) is 0 Å². The SMILES string of the molecule is O=C(Nc1nc(-c2ccccn2)cs1)OCC(F)(F)F. The lowest BCUT2D eigenvalue weighted by atomic mass is 10.3. The van der Waals surface area contributed by atoms with E-state index in [1.165, 1.54) is 0 Å². The molecule has 0 aromatic carbocycles. The summed E-state index contributed by atoms with van der Waals surface area (Å²) in [6.45, 7) is -1.64. The third-order valence-electron chi connectivity index (χ3n) is 2.01. The number of ether oxygens (including phenoxy) is 1. The third-order valence-corrected chi connectivity index (χ3v) is 2.77. The van der Waals surface area contributed by atoms with E-state index in [4.69, 9.17) is 0 Å². The molecule has 0 aliphatic heterocycles. The summed E-state index contributed by atoms with van der Waals surface area (Å²) >= 11 is 1.06. The van der Waals surface area contributed by atoms with Crippen molar-refractivity contribution < 1.29 is 22.7 Å². The molecule has 0 saturated carbocycles. The molecule has 20 heavy (non-hydrogen) atoms. The Morgan fingerprint density at radius 2 is 2.15 bits per heavy atom. The van der Waals surface area contributed by atoms with Crippen LogP contribution in [0.1, 0.15) is 0 Å². The van der Waals surface area contributed by atoms with E-state index in [1.54, 1.807) is 29.8 Å². The van der Waals surface area contributed by atoms with Crippen molar-refractivity contribution in [3.8, 4) is 11.4 Å². The van der Waals surface area contributed by atoms with Crippen molar-refractivity contribution >= 4 is 22.6 Å². The van der Waals surface area contributed by atoms with Crippen LogP contribution in [0.25, 0.3) is 11.4 Å². The Labute approximate surface area is 115 Å². The highest BCUT2D eigenvalue weighted by atomic mass is 32.1. The molecule has 106 valence electrons. The van der Waals surface area contributed by atoms with Crippen molar-refractivity contribution in [1.82, 2.24) is 9.97 Å². The zero-order valence-corrected chi connectivity index (χ0v) is 10.7. The van der Waals surface area contributed by atoms with Gasteiger partial charge >= 0.3 is 12.3 Å². The number of thiazole rings is 1. The number of halogens is 3. The molecule has 0 aliphatic rings. The molecule has 0 atom stereocenters. The molecule has 0 bridgehead atoms. The Morgan fingerprint density at radius 1 is 1.35 bits per heavy atom. The van der Waals surface area contributed by atoms with Gasteiger partial charge in [0, 0.05) is 11.6 Å². The number of carbonyl (C=O) groups is 1. The minimum atomic E-state index is -4.56. The van der Waals surface area contributed by atoms with Crippen LogP contribution in [0.3, 0.4) is 0 Å². The molecule has 0 spiro atoms. The van der Waals surface area contributed by atoms with Crippen molar-refractivity contribution in [3.05, 3.63) is 29.8 Å². The maximum absolute atomic E-state index is 11.9. The minimum Gasteiger partial charge on any atom is -0.440 e. The molecule has 1 amide bonds. The first-order valence-electron chi connectivity index (χ1n) is 5.31. The van der Waals surface area contributed by atoms with Crippen LogP contribution in [0.2, 0.25) is 0 Å². The molecule has 0 fully saturated rings. The fraction of sp³-hybridized carbons (Fsp3) is 0.182. The quantitative estimate of drug-likeness (QED) is 0.944. The van der Waals surface area contributed by atoms with Crippen molar-refractivity contribution in [2.45, 2.75) is 6.18 Å². The Hall–Kier alpha value is -2.16. The number of carbonyl (C=O) groups excluding carboxylic acids is 1. The number of nitrogens with one attached hydrogen (secondary N) is 1. The summed E-state index contributed by atoms with van der Waals surface area (Å²) in [7, 11) is 0. The second kappa shape index (κ2) is 5.87. The second-order valence-corrected chi connectivity index (χ2v) is 4.43. The van der Waals surface area contributed by atoms with Gasteiger partial charge in [-0.3, -0.25) is 10.3 Å². The maximum Gasteiger partial charge on any atom is 0.422 e. The highest BCUT2D eigenvalue weighted by molar-refractivity contribution is 7.14. The number of pyridine rings is 1. The van der Waals surface area contributed by atoms with Crippen LogP contribution < -0.4 is 5.32 Å². The summed E-state index contributed by atoms with van der Waals surface area (Å²) in [6.07, 6.45) is -4.18. The van der Waals surface area contributed by atoms with E-state index in [1.807, 2.05) is 0 Å². The monoisotopic (exact) mass is 303 g/mol. The van der Waals surface area contributed by atoms with Crippen LogP contribution in [0, 0.1) is 0 Å². The average molecular weight is 303 g/mol. The van der Waals surface area contributed by atoms with Gasteiger partial charge in [0.05, 0.1) is 5.69 Å². The summed E-state index contributed by atoms with van der Waals surface area (Å²) < 4.78 is 39.6. The molecule has 2 heterocycles. The summed E-state index contributed by atoms with van der Waals surface area (Å²) in [5.41, 5.74) is 1.11. The van der Waals surface area contributed by atoms with Crippen molar-refractivity contribution in [2.24, 2.45) is 0 Å². The highest BCUT2D eigenvalue weighted by Gasteiger charge is 2.29. The standard InChI is InChI=1S/C11H8F3N3O2S/c12-11(13,14)6-19-10(18)17-9-16-8(5-20-9)7-3-1-2-4-15-7/h1-5H,6H2,(H,16,17,18). The first kappa shape index (κ1) is 14.3. The van der Waals surface area contributed by atoms with Crippen LogP contribution in [-0.2, 0) is 4.74 Å². The molecule has 5 nitrogen and oxygen atoms in total. The van der Waals surface area contributed by atoms with Gasteiger partial charge in [-0.2, -0.15) is 13.2 Å². The molecule has 0 radical (unpaired) electrons. The number of rotatable bonds is 3. The van der Waals surface area contributed by atoms with Gasteiger partial charge in [-0.25, -0.2) is 9.78 Å². The first-order chi connectivity index (χ1) is 9.44. The third kappa shape index (κ3) is 4.19. The van der Waals surface area contributed by atoms with Gasteiger partial charge in [0.1, 0.15) is 5.69 Å². The second-order valence-electron chi connectivity index (χ2n) is 3.57. The predicted molar refractivity (Wildman–Crippen MR) is 66.4 cm³/mol. The van der Waals surface area contributed by atoms with E-state index >= 15 is 0 Å². The fourth-order valence-electron chi connectivity index (χ4n) is 1.23. The van der Waals surface area contributed by atoms with E-state index < -0.39 is 18.9 Å². The van der Waals surface area contributed by atoms with Crippen molar-refractivity contribution in [1.29, 1.82) is 0 Å². The van der Waals surface area contributed by atoms with Crippen molar-refractivity contribution in [2.75, 3.05) is 11.9 Å². The van der Waals surface area contributed by atoms with E-state index in [0.717, 1.165) is 11.3 Å². The number of aromatic nitrogens is 2. The molecule has 1 N–H and O–H groups in total. The summed E-state index contributed by atoms with van der Waals surface area (Å²) in [6, 6.07) is 5.23. The molecular weight excluding hydrogens is 295 g/mol. The first-order valence-corrected chi connectivity index (χ1v) is 6.19. The number of hydrogen-bond donors (Lipinski definition) is 1. The van der Waals surface area contributed by atoms with E-state index in [0.29, 0.717) is 11.4 Å². The number of nitrogens with zero attached hydrogens (tertiary/aromatic N) is 2. The lowest BCUT2D eigenvalue weighted by Crippen LogP contribution is -2.23. The average Bonchev–Trinajstić information content (AvgIpc) is 2.85. The Bertz CT molecular complexity index is 586. The van der Waals surface area contributed by atoms with Crippen LogP contribution in [0.5, 0.6) is 0 Å². The van der Waals surface area contributed by atoms with E-state index in [2.05, 4.69) is 20.0 Å². The Morgan fingerprint density at radius 3 is 2.80 bits per heavy atom. The molecule has 0 aliphatic carbocycles. The lowest BCUT2D eigenvalue weighted by Gasteiger charge is -2.07. The van der Waals surface area contributed by atoms with Gasteiger partial charge in [-0.15, -0.1) is 11.3 Å². The molecule has 2 rings (SSSR count). The van der Waals surface area contributed by atoms with Gasteiger partial charge in [0.25, 0.3) is 0 Å². The predicted octanol–water partition coefficient (Wildman–Crippen LogP) is 3.32. The van der Waals surface area contributed by atoms with E-state index in [-0.39, 0.29) is 5.13 Å². The fourth-order valence-corrected chi connectivity index (χ4v) is 1.92. The molecular formula is C11H8F3N3O2S. The zero-order chi connectivity index (χ0) is 14.6. The van der Waals surface area contributed by atoms with Gasteiger partial charge in [-0.1, -0.05) is 6.07 Å². The summed E-state index contributed by atoms with van der Waals surface area (Å²) in [4.78, 5) is 19.2. The normalized spacial score (nSPS) is 11.2. The molecule has 9 heteroatoms. The van der Waals surface area contributed by atoms with Crippen LogP contribution in [0.15, 0.2) is 29.8 Å². The van der Waals surface area contributed by atoms with E-state index in [9.17, 15) is 18.0 Å². The van der Waals surface area contributed by atoms with Gasteiger partial charge < -0.3 is 4.74 Å². The molecule has 2 aromatic heterocycles. The Balaban J connectivity index is 1.95. The maximum atomic E-state index is 11.9. The lowest BCUT2D eigenvalue weighted by molar-refractivity contribution is -0.159. The number of alkyl halides is 3. The molecule has 0 unspecified atom stereocenters. The highest BCUT2D eigenvalue weighted by Crippen LogP contribution is 2.23. The topological polar surface area (TPSA) is 64.1 Å². The minimum absolute atomic E-state index is 0.137.